The van der Waals surface area contributed by atoms with Crippen molar-refractivity contribution in [3.8, 4) is 0 Å². The molecular weight excluding hydrogens is 290 g/mol. The number of rotatable bonds is 4. The molecule has 1 aromatic heterocycles. The van der Waals surface area contributed by atoms with Crippen molar-refractivity contribution in [2.24, 2.45) is 0 Å². The molecule has 0 saturated carbocycles. The Balaban J connectivity index is 2.21. The van der Waals surface area contributed by atoms with Gasteiger partial charge in [0.25, 0.3) is 5.91 Å². The van der Waals surface area contributed by atoms with E-state index < -0.39 is 17.5 Å². The van der Waals surface area contributed by atoms with Crippen molar-refractivity contribution >= 4 is 17.4 Å². The largest absolute Gasteiger partial charge is 0.368 e. The molecule has 0 saturated heterocycles. The zero-order valence-electron chi connectivity index (χ0n) is 12.4. The first-order chi connectivity index (χ1) is 10.3. The fraction of sp³-hybridized carbons (Fsp3) is 0.267. The number of carbonyl (C=O) groups is 1. The van der Waals surface area contributed by atoms with Crippen LogP contribution in [-0.4, -0.2) is 21.9 Å². The van der Waals surface area contributed by atoms with Crippen LogP contribution in [0.25, 0.3) is 0 Å². The number of carbonyl (C=O) groups excluding carboxylic acids is 1. The van der Waals surface area contributed by atoms with E-state index in [2.05, 4.69) is 20.6 Å². The molecule has 22 heavy (non-hydrogen) atoms. The second kappa shape index (κ2) is 6.46. The molecule has 0 fully saturated rings. The molecule has 0 radical (unpaired) electrons. The number of aromatic nitrogens is 2. The van der Waals surface area contributed by atoms with Gasteiger partial charge in [-0.3, -0.25) is 4.79 Å². The number of hydrogen-bond donors (Lipinski definition) is 2. The van der Waals surface area contributed by atoms with Gasteiger partial charge in [0.1, 0.15) is 17.3 Å². The highest BCUT2D eigenvalue weighted by atomic mass is 19.2. The molecule has 2 N–H and O–H groups in total. The van der Waals surface area contributed by atoms with Crippen molar-refractivity contribution in [3.63, 3.8) is 0 Å². The summed E-state index contributed by atoms with van der Waals surface area (Å²) in [4.78, 5) is 20.4. The Hall–Kier alpha value is -2.57. The number of aryl methyl sites for hydroxylation is 1. The molecule has 0 atom stereocenters. The van der Waals surface area contributed by atoms with Gasteiger partial charge in [-0.1, -0.05) is 0 Å². The fourth-order valence-electron chi connectivity index (χ4n) is 1.82. The van der Waals surface area contributed by atoms with Gasteiger partial charge in [-0.05, 0) is 32.9 Å². The van der Waals surface area contributed by atoms with Gasteiger partial charge in [0.15, 0.2) is 11.6 Å². The van der Waals surface area contributed by atoms with Gasteiger partial charge < -0.3 is 10.6 Å². The lowest BCUT2D eigenvalue weighted by atomic mass is 10.2. The Labute approximate surface area is 126 Å². The lowest BCUT2D eigenvalue weighted by Crippen LogP contribution is -2.17. The molecule has 1 heterocycles. The molecular formula is C15H16F2N4O. The van der Waals surface area contributed by atoms with Gasteiger partial charge in [0.05, 0.1) is 0 Å². The topological polar surface area (TPSA) is 66.9 Å². The summed E-state index contributed by atoms with van der Waals surface area (Å²) in [6.07, 6.45) is 0. The summed E-state index contributed by atoms with van der Waals surface area (Å²) in [6.45, 7) is 5.55. The van der Waals surface area contributed by atoms with Gasteiger partial charge in [0.2, 0.25) is 0 Å². The van der Waals surface area contributed by atoms with E-state index in [1.54, 1.807) is 6.92 Å². The van der Waals surface area contributed by atoms with Gasteiger partial charge in [0, 0.05) is 23.9 Å². The molecule has 0 aliphatic heterocycles. The maximum Gasteiger partial charge on any atom is 0.274 e. The maximum atomic E-state index is 13.1. The first kappa shape index (κ1) is 15.8. The fourth-order valence-corrected chi connectivity index (χ4v) is 1.82. The number of amides is 1. The summed E-state index contributed by atoms with van der Waals surface area (Å²) in [5, 5.41) is 5.55. The van der Waals surface area contributed by atoms with Crippen LogP contribution in [-0.2, 0) is 0 Å². The van der Waals surface area contributed by atoms with Crippen LogP contribution >= 0.6 is 0 Å². The van der Waals surface area contributed by atoms with E-state index in [0.717, 1.165) is 12.1 Å². The summed E-state index contributed by atoms with van der Waals surface area (Å²) in [5.41, 5.74) is 0.291. The summed E-state index contributed by atoms with van der Waals surface area (Å²) < 4.78 is 26.0. The van der Waals surface area contributed by atoms with E-state index in [-0.39, 0.29) is 17.4 Å². The summed E-state index contributed by atoms with van der Waals surface area (Å²) in [5.74, 6) is -1.57. The number of benzene rings is 1. The van der Waals surface area contributed by atoms with E-state index in [9.17, 15) is 13.6 Å². The SMILES string of the molecule is Cc1nc(NC(C)C)cc(C(=O)Nc2ccc(F)c(F)c2)n1. The lowest BCUT2D eigenvalue weighted by Gasteiger charge is -2.11. The number of nitrogens with one attached hydrogen (secondary N) is 2. The first-order valence-corrected chi connectivity index (χ1v) is 6.74. The molecule has 7 heteroatoms. The minimum absolute atomic E-state index is 0.139. The Morgan fingerprint density at radius 3 is 2.50 bits per heavy atom. The second-order valence-corrected chi connectivity index (χ2v) is 5.07. The predicted octanol–water partition coefficient (Wildman–Crippen LogP) is 3.14. The van der Waals surface area contributed by atoms with E-state index in [1.165, 1.54) is 12.1 Å². The third kappa shape index (κ3) is 3.97. The van der Waals surface area contributed by atoms with Crippen LogP contribution in [0.15, 0.2) is 24.3 Å². The van der Waals surface area contributed by atoms with Crippen molar-refractivity contribution in [1.29, 1.82) is 0 Å². The molecule has 2 rings (SSSR count). The molecule has 0 spiro atoms. The van der Waals surface area contributed by atoms with Crippen LogP contribution < -0.4 is 10.6 Å². The average molecular weight is 306 g/mol. The second-order valence-electron chi connectivity index (χ2n) is 5.07. The molecule has 0 aliphatic carbocycles. The average Bonchev–Trinajstić information content (AvgIpc) is 2.41. The van der Waals surface area contributed by atoms with Crippen molar-refractivity contribution in [3.05, 3.63) is 47.4 Å². The molecule has 0 bridgehead atoms. The minimum atomic E-state index is -1.03. The molecule has 0 unspecified atom stereocenters. The first-order valence-electron chi connectivity index (χ1n) is 6.74. The predicted molar refractivity (Wildman–Crippen MR) is 79.8 cm³/mol. The van der Waals surface area contributed by atoms with Crippen LogP contribution in [0.2, 0.25) is 0 Å². The van der Waals surface area contributed by atoms with E-state index >= 15 is 0 Å². The van der Waals surface area contributed by atoms with Crippen LogP contribution in [0.1, 0.15) is 30.2 Å². The molecule has 2 aromatic rings. The number of nitrogens with zero attached hydrogens (tertiary/aromatic N) is 2. The van der Waals surface area contributed by atoms with Crippen molar-refractivity contribution in [2.45, 2.75) is 26.8 Å². The molecule has 1 aromatic carbocycles. The third-order valence-corrected chi connectivity index (χ3v) is 2.68. The number of anilines is 2. The van der Waals surface area contributed by atoms with E-state index in [4.69, 9.17) is 0 Å². The highest BCUT2D eigenvalue weighted by Crippen LogP contribution is 2.15. The van der Waals surface area contributed by atoms with Gasteiger partial charge in [-0.2, -0.15) is 0 Å². The molecule has 5 nitrogen and oxygen atoms in total. The molecule has 0 aliphatic rings. The lowest BCUT2D eigenvalue weighted by molar-refractivity contribution is 0.102. The van der Waals surface area contributed by atoms with Crippen molar-refractivity contribution < 1.29 is 13.6 Å². The van der Waals surface area contributed by atoms with Gasteiger partial charge >= 0.3 is 0 Å². The van der Waals surface area contributed by atoms with Crippen LogP contribution in [0, 0.1) is 18.6 Å². The van der Waals surface area contributed by atoms with E-state index in [0.29, 0.717) is 11.6 Å². The number of halogens is 2. The number of hydrogen-bond acceptors (Lipinski definition) is 4. The molecule has 116 valence electrons. The van der Waals surface area contributed by atoms with Gasteiger partial charge in [-0.25, -0.2) is 18.7 Å². The zero-order chi connectivity index (χ0) is 16.3. The summed E-state index contributed by atoms with van der Waals surface area (Å²) >= 11 is 0. The van der Waals surface area contributed by atoms with Crippen molar-refractivity contribution in [2.75, 3.05) is 10.6 Å². The smallest absolute Gasteiger partial charge is 0.274 e. The quantitative estimate of drug-likeness (QED) is 0.910. The minimum Gasteiger partial charge on any atom is -0.368 e. The Morgan fingerprint density at radius 2 is 1.86 bits per heavy atom. The highest BCUT2D eigenvalue weighted by Gasteiger charge is 2.12. The maximum absolute atomic E-state index is 13.1. The summed E-state index contributed by atoms with van der Waals surface area (Å²) in [7, 11) is 0. The third-order valence-electron chi connectivity index (χ3n) is 2.68. The Kier molecular flexibility index (Phi) is 4.65. The highest BCUT2D eigenvalue weighted by molar-refractivity contribution is 6.03. The zero-order valence-corrected chi connectivity index (χ0v) is 12.4. The molecule has 1 amide bonds. The Bertz CT molecular complexity index is 704. The normalized spacial score (nSPS) is 10.6. The Morgan fingerprint density at radius 1 is 1.14 bits per heavy atom. The van der Waals surface area contributed by atoms with Crippen LogP contribution in [0.4, 0.5) is 20.3 Å². The van der Waals surface area contributed by atoms with Gasteiger partial charge in [-0.15, -0.1) is 0 Å². The summed E-state index contributed by atoms with van der Waals surface area (Å²) in [6, 6.07) is 4.78. The monoisotopic (exact) mass is 306 g/mol. The van der Waals surface area contributed by atoms with E-state index in [1.807, 2.05) is 13.8 Å². The van der Waals surface area contributed by atoms with Crippen LogP contribution in [0.3, 0.4) is 0 Å². The standard InChI is InChI=1S/C15H16F2N4O/c1-8(2)18-14-7-13(19-9(3)20-14)15(22)21-10-4-5-11(16)12(17)6-10/h4-8H,1-3H3,(H,21,22)(H,18,19,20). The van der Waals surface area contributed by atoms with Crippen molar-refractivity contribution in [1.82, 2.24) is 9.97 Å². The van der Waals surface area contributed by atoms with Crippen LogP contribution in [0.5, 0.6) is 0 Å².